The van der Waals surface area contributed by atoms with Crippen molar-refractivity contribution >= 4 is 5.82 Å². The van der Waals surface area contributed by atoms with Crippen LogP contribution in [0.15, 0.2) is 36.5 Å². The van der Waals surface area contributed by atoms with Gasteiger partial charge < -0.3 is 24.6 Å². The third kappa shape index (κ3) is 5.36. The predicted octanol–water partition coefficient (Wildman–Crippen LogP) is 2.92. The number of aromatic nitrogens is 1. The fourth-order valence-corrected chi connectivity index (χ4v) is 3.37. The fraction of sp³-hybridized carbons (Fsp3) is 0.500. The van der Waals surface area contributed by atoms with Crippen LogP contribution in [0.25, 0.3) is 0 Å². The van der Waals surface area contributed by atoms with Crippen LogP contribution in [0, 0.1) is 0 Å². The topological polar surface area (TPSA) is 49.9 Å². The zero-order chi connectivity index (χ0) is 19.8. The molecule has 6 heteroatoms. The minimum absolute atomic E-state index is 0.698. The van der Waals surface area contributed by atoms with Gasteiger partial charge in [-0.2, -0.15) is 0 Å². The zero-order valence-corrected chi connectivity index (χ0v) is 17.3. The average molecular weight is 385 g/mol. The number of ether oxygens (including phenoxy) is 2. The number of hydrogen-bond acceptors (Lipinski definition) is 6. The van der Waals surface area contributed by atoms with E-state index in [4.69, 9.17) is 9.47 Å². The van der Waals surface area contributed by atoms with Crippen molar-refractivity contribution in [1.29, 1.82) is 0 Å². The molecule has 0 amide bonds. The number of rotatable bonds is 9. The average Bonchev–Trinajstić information content (AvgIpc) is 2.73. The molecule has 1 N–H and O–H groups in total. The van der Waals surface area contributed by atoms with E-state index in [0.29, 0.717) is 6.61 Å². The minimum Gasteiger partial charge on any atom is -0.493 e. The third-order valence-electron chi connectivity index (χ3n) is 5.00. The highest BCUT2D eigenvalue weighted by molar-refractivity contribution is 5.47. The summed E-state index contributed by atoms with van der Waals surface area (Å²) in [5.74, 6) is 2.69. The molecule has 28 heavy (non-hydrogen) atoms. The van der Waals surface area contributed by atoms with Gasteiger partial charge in [0.2, 0.25) is 0 Å². The Labute approximate surface area is 168 Å². The van der Waals surface area contributed by atoms with E-state index < -0.39 is 0 Å². The first kappa shape index (κ1) is 20.4. The summed E-state index contributed by atoms with van der Waals surface area (Å²) in [6.45, 7) is 8.55. The van der Waals surface area contributed by atoms with E-state index in [0.717, 1.165) is 63.0 Å². The molecule has 3 rings (SSSR count). The summed E-state index contributed by atoms with van der Waals surface area (Å²) < 4.78 is 11.2. The lowest BCUT2D eigenvalue weighted by Gasteiger charge is -2.34. The molecule has 0 radical (unpaired) electrons. The molecule has 152 valence electrons. The van der Waals surface area contributed by atoms with Gasteiger partial charge in [0, 0.05) is 51.0 Å². The highest BCUT2D eigenvalue weighted by Gasteiger charge is 2.17. The number of benzene rings is 1. The maximum atomic E-state index is 5.73. The molecule has 1 aliphatic rings. The van der Waals surface area contributed by atoms with Crippen molar-refractivity contribution in [3.63, 3.8) is 0 Å². The van der Waals surface area contributed by atoms with Gasteiger partial charge in [0.05, 0.1) is 13.7 Å². The maximum Gasteiger partial charge on any atom is 0.161 e. The standard InChI is InChI=1S/C22H32N4O2/c1-4-14-28-20-8-7-18(15-21(20)27-3)16-23-17-19-6-5-9-24-22(19)26-12-10-25(2)11-13-26/h5-9,15,23H,4,10-14,16-17H2,1-3H3. The van der Waals surface area contributed by atoms with E-state index in [-0.39, 0.29) is 0 Å². The predicted molar refractivity (Wildman–Crippen MR) is 113 cm³/mol. The van der Waals surface area contributed by atoms with Gasteiger partial charge in [-0.3, -0.25) is 0 Å². The van der Waals surface area contributed by atoms with E-state index in [1.165, 1.54) is 11.1 Å². The van der Waals surface area contributed by atoms with Crippen LogP contribution in [0.2, 0.25) is 0 Å². The molecule has 0 spiro atoms. The van der Waals surface area contributed by atoms with Gasteiger partial charge in [-0.15, -0.1) is 0 Å². The van der Waals surface area contributed by atoms with Crippen molar-refractivity contribution in [3.8, 4) is 11.5 Å². The van der Waals surface area contributed by atoms with Crippen LogP contribution >= 0.6 is 0 Å². The van der Waals surface area contributed by atoms with Gasteiger partial charge in [0.15, 0.2) is 11.5 Å². The van der Waals surface area contributed by atoms with Crippen molar-refractivity contribution < 1.29 is 9.47 Å². The van der Waals surface area contributed by atoms with Gasteiger partial charge >= 0.3 is 0 Å². The van der Waals surface area contributed by atoms with Crippen molar-refractivity contribution in [2.24, 2.45) is 0 Å². The van der Waals surface area contributed by atoms with Gasteiger partial charge in [-0.25, -0.2) is 4.98 Å². The highest BCUT2D eigenvalue weighted by atomic mass is 16.5. The summed E-state index contributed by atoms with van der Waals surface area (Å²) in [7, 11) is 3.86. The van der Waals surface area contributed by atoms with Gasteiger partial charge in [0.25, 0.3) is 0 Å². The molecule has 1 fully saturated rings. The molecular weight excluding hydrogens is 352 g/mol. The molecule has 1 saturated heterocycles. The first-order chi connectivity index (χ1) is 13.7. The van der Waals surface area contributed by atoms with Gasteiger partial charge in [-0.1, -0.05) is 19.1 Å². The van der Waals surface area contributed by atoms with E-state index in [1.54, 1.807) is 7.11 Å². The summed E-state index contributed by atoms with van der Waals surface area (Å²) in [6, 6.07) is 10.3. The lowest BCUT2D eigenvalue weighted by Crippen LogP contribution is -2.45. The molecule has 1 aromatic heterocycles. The van der Waals surface area contributed by atoms with E-state index in [1.807, 2.05) is 24.4 Å². The number of piperazine rings is 1. The van der Waals surface area contributed by atoms with Gasteiger partial charge in [-0.05, 0) is 37.2 Å². The smallest absolute Gasteiger partial charge is 0.161 e. The summed E-state index contributed by atoms with van der Waals surface area (Å²) in [4.78, 5) is 9.40. The second-order valence-corrected chi connectivity index (χ2v) is 7.21. The fourth-order valence-electron chi connectivity index (χ4n) is 3.37. The van der Waals surface area contributed by atoms with E-state index in [9.17, 15) is 0 Å². The molecular formula is C22H32N4O2. The number of nitrogens with one attached hydrogen (secondary N) is 1. The second-order valence-electron chi connectivity index (χ2n) is 7.21. The van der Waals surface area contributed by atoms with E-state index >= 15 is 0 Å². The lowest BCUT2D eigenvalue weighted by molar-refractivity contribution is 0.294. The summed E-state index contributed by atoms with van der Waals surface area (Å²) in [5.41, 5.74) is 2.41. The van der Waals surface area contributed by atoms with Gasteiger partial charge in [0.1, 0.15) is 5.82 Å². The van der Waals surface area contributed by atoms with Crippen LogP contribution in [-0.4, -0.2) is 56.8 Å². The Kier molecular flexibility index (Phi) is 7.51. The molecule has 0 bridgehead atoms. The van der Waals surface area contributed by atoms with E-state index in [2.05, 4.69) is 46.2 Å². The van der Waals surface area contributed by atoms with Crippen molar-refractivity contribution in [1.82, 2.24) is 15.2 Å². The number of methoxy groups -OCH3 is 1. The molecule has 0 atom stereocenters. The van der Waals surface area contributed by atoms with Crippen LogP contribution in [0.5, 0.6) is 11.5 Å². The van der Waals surface area contributed by atoms with Crippen LogP contribution in [0.1, 0.15) is 24.5 Å². The minimum atomic E-state index is 0.698. The Hall–Kier alpha value is -2.31. The molecule has 0 unspecified atom stereocenters. The largest absolute Gasteiger partial charge is 0.493 e. The molecule has 0 saturated carbocycles. The molecule has 1 aliphatic heterocycles. The van der Waals surface area contributed by atoms with Crippen LogP contribution in [0.3, 0.4) is 0 Å². The second kappa shape index (κ2) is 10.3. The van der Waals surface area contributed by atoms with Crippen molar-refractivity contribution in [2.45, 2.75) is 26.4 Å². The molecule has 1 aromatic carbocycles. The third-order valence-corrected chi connectivity index (χ3v) is 5.00. The quantitative estimate of drug-likeness (QED) is 0.717. The number of anilines is 1. The number of hydrogen-bond donors (Lipinski definition) is 1. The van der Waals surface area contributed by atoms with Crippen LogP contribution < -0.4 is 19.7 Å². The SMILES string of the molecule is CCCOc1ccc(CNCc2cccnc2N2CCN(C)CC2)cc1OC. The summed E-state index contributed by atoms with van der Waals surface area (Å²) in [5, 5.41) is 3.55. The van der Waals surface area contributed by atoms with Crippen molar-refractivity contribution in [2.75, 3.05) is 51.8 Å². The Morgan fingerprint density at radius 3 is 2.64 bits per heavy atom. The normalized spacial score (nSPS) is 14.9. The molecule has 2 aromatic rings. The number of pyridine rings is 1. The monoisotopic (exact) mass is 384 g/mol. The Balaban J connectivity index is 1.59. The Morgan fingerprint density at radius 1 is 1.07 bits per heavy atom. The van der Waals surface area contributed by atoms with Crippen molar-refractivity contribution in [3.05, 3.63) is 47.7 Å². The Bertz CT molecular complexity index is 745. The summed E-state index contributed by atoms with van der Waals surface area (Å²) in [6.07, 6.45) is 2.87. The first-order valence-electron chi connectivity index (χ1n) is 10.1. The Morgan fingerprint density at radius 2 is 1.89 bits per heavy atom. The first-order valence-corrected chi connectivity index (χ1v) is 10.1. The summed E-state index contributed by atoms with van der Waals surface area (Å²) >= 11 is 0. The molecule has 2 heterocycles. The highest BCUT2D eigenvalue weighted by Crippen LogP contribution is 2.28. The van der Waals surface area contributed by atoms with Crippen LogP contribution in [0.4, 0.5) is 5.82 Å². The zero-order valence-electron chi connectivity index (χ0n) is 17.3. The molecule has 0 aliphatic carbocycles. The maximum absolute atomic E-state index is 5.73. The molecule has 6 nitrogen and oxygen atoms in total. The lowest BCUT2D eigenvalue weighted by atomic mass is 10.2. The van der Waals surface area contributed by atoms with Crippen LogP contribution in [-0.2, 0) is 13.1 Å². The number of nitrogens with zero attached hydrogens (tertiary/aromatic N) is 3. The number of likely N-dealkylation sites (N-methyl/N-ethyl adjacent to an activating group) is 1.